The SMILES string of the molecule is COc1cccc(CNC(=O)COc2cc(C)nc(N3CCN(c4ccccc4)CC3)n2)c1OC. The number of hydrogen-bond acceptors (Lipinski definition) is 8. The summed E-state index contributed by atoms with van der Waals surface area (Å²) < 4.78 is 16.4. The number of nitrogens with zero attached hydrogens (tertiary/aromatic N) is 4. The third-order valence-electron chi connectivity index (χ3n) is 5.81. The molecule has 9 nitrogen and oxygen atoms in total. The third kappa shape index (κ3) is 6.11. The molecule has 0 saturated carbocycles. The van der Waals surface area contributed by atoms with Crippen molar-refractivity contribution < 1.29 is 19.0 Å². The number of aryl methyl sites for hydroxylation is 1. The van der Waals surface area contributed by atoms with Crippen LogP contribution in [0.15, 0.2) is 54.6 Å². The van der Waals surface area contributed by atoms with Crippen LogP contribution in [-0.4, -0.2) is 62.9 Å². The van der Waals surface area contributed by atoms with E-state index in [4.69, 9.17) is 14.2 Å². The van der Waals surface area contributed by atoms with E-state index in [1.807, 2.05) is 31.2 Å². The molecule has 1 saturated heterocycles. The van der Waals surface area contributed by atoms with Gasteiger partial charge in [0, 0.05) is 55.7 Å². The zero-order chi connectivity index (χ0) is 24.6. The van der Waals surface area contributed by atoms with Crippen molar-refractivity contribution in [2.45, 2.75) is 13.5 Å². The third-order valence-corrected chi connectivity index (χ3v) is 5.81. The first-order valence-corrected chi connectivity index (χ1v) is 11.6. The van der Waals surface area contributed by atoms with E-state index in [1.165, 1.54) is 5.69 Å². The first-order valence-electron chi connectivity index (χ1n) is 11.6. The van der Waals surface area contributed by atoms with E-state index >= 15 is 0 Å². The molecule has 3 aromatic rings. The van der Waals surface area contributed by atoms with E-state index in [0.717, 1.165) is 37.4 Å². The number of aromatic nitrogens is 2. The molecule has 2 heterocycles. The summed E-state index contributed by atoms with van der Waals surface area (Å²) in [6, 6.07) is 17.7. The zero-order valence-corrected chi connectivity index (χ0v) is 20.4. The first kappa shape index (κ1) is 24.1. The van der Waals surface area contributed by atoms with Crippen LogP contribution in [0.4, 0.5) is 11.6 Å². The highest BCUT2D eigenvalue weighted by atomic mass is 16.5. The Balaban J connectivity index is 1.31. The summed E-state index contributed by atoms with van der Waals surface area (Å²) in [6.45, 7) is 5.42. The van der Waals surface area contributed by atoms with Gasteiger partial charge in [-0.2, -0.15) is 4.98 Å². The summed E-state index contributed by atoms with van der Waals surface area (Å²) in [5.74, 6) is 1.95. The lowest BCUT2D eigenvalue weighted by Crippen LogP contribution is -2.47. The van der Waals surface area contributed by atoms with Gasteiger partial charge in [-0.05, 0) is 25.1 Å². The number of para-hydroxylation sites is 2. The minimum atomic E-state index is -0.260. The largest absolute Gasteiger partial charge is 0.493 e. The van der Waals surface area contributed by atoms with Crippen LogP contribution in [0, 0.1) is 6.92 Å². The van der Waals surface area contributed by atoms with Crippen molar-refractivity contribution in [3.8, 4) is 17.4 Å². The quantitative estimate of drug-likeness (QED) is 0.503. The van der Waals surface area contributed by atoms with Crippen LogP contribution in [0.3, 0.4) is 0 Å². The second-order valence-electron chi connectivity index (χ2n) is 8.18. The van der Waals surface area contributed by atoms with Gasteiger partial charge in [0.1, 0.15) is 0 Å². The Morgan fingerprint density at radius 2 is 1.69 bits per heavy atom. The molecule has 1 N–H and O–H groups in total. The van der Waals surface area contributed by atoms with Gasteiger partial charge >= 0.3 is 0 Å². The number of hydrogen-bond donors (Lipinski definition) is 1. The highest BCUT2D eigenvalue weighted by molar-refractivity contribution is 5.77. The number of nitrogens with one attached hydrogen (secondary N) is 1. The van der Waals surface area contributed by atoms with Gasteiger partial charge in [-0.1, -0.05) is 30.3 Å². The standard InChI is InChI=1S/C26H31N5O4/c1-19-16-24(35-18-23(32)27-17-20-8-7-11-22(33-2)25(20)34-3)29-26(28-19)31-14-12-30(13-15-31)21-9-5-4-6-10-21/h4-11,16H,12-15,17-18H2,1-3H3,(H,27,32). The van der Waals surface area contributed by atoms with Gasteiger partial charge in [0.05, 0.1) is 14.2 Å². The van der Waals surface area contributed by atoms with Crippen LogP contribution in [0.1, 0.15) is 11.3 Å². The van der Waals surface area contributed by atoms with Crippen molar-refractivity contribution >= 4 is 17.5 Å². The highest BCUT2D eigenvalue weighted by Gasteiger charge is 2.20. The average molecular weight is 478 g/mol. The maximum absolute atomic E-state index is 12.4. The predicted octanol–water partition coefficient (Wildman–Crippen LogP) is 2.82. The molecule has 0 atom stereocenters. The zero-order valence-electron chi connectivity index (χ0n) is 20.4. The molecule has 9 heteroatoms. The molecule has 0 radical (unpaired) electrons. The van der Waals surface area contributed by atoms with Gasteiger partial charge in [0.15, 0.2) is 18.1 Å². The molecule has 0 spiro atoms. The number of ether oxygens (including phenoxy) is 3. The number of rotatable bonds is 9. The fourth-order valence-electron chi connectivity index (χ4n) is 4.02. The Hall–Kier alpha value is -4.01. The molecular weight excluding hydrogens is 446 g/mol. The van der Waals surface area contributed by atoms with E-state index in [0.29, 0.717) is 29.9 Å². The Morgan fingerprint density at radius 1 is 0.943 bits per heavy atom. The van der Waals surface area contributed by atoms with Gasteiger partial charge < -0.3 is 29.3 Å². The lowest BCUT2D eigenvalue weighted by Gasteiger charge is -2.36. The molecular formula is C26H31N5O4. The van der Waals surface area contributed by atoms with Crippen LogP contribution >= 0.6 is 0 Å². The molecule has 1 aromatic heterocycles. The van der Waals surface area contributed by atoms with Crippen molar-refractivity contribution in [3.05, 3.63) is 65.9 Å². The summed E-state index contributed by atoms with van der Waals surface area (Å²) >= 11 is 0. The molecule has 1 fully saturated rings. The minimum Gasteiger partial charge on any atom is -0.493 e. The van der Waals surface area contributed by atoms with Crippen molar-refractivity contribution in [2.24, 2.45) is 0 Å². The monoisotopic (exact) mass is 477 g/mol. The molecule has 0 aliphatic carbocycles. The van der Waals surface area contributed by atoms with Crippen molar-refractivity contribution in [1.29, 1.82) is 0 Å². The topological polar surface area (TPSA) is 89.1 Å². The Morgan fingerprint density at radius 3 is 2.40 bits per heavy atom. The van der Waals surface area contributed by atoms with Gasteiger partial charge in [0.2, 0.25) is 11.8 Å². The normalized spacial score (nSPS) is 13.3. The number of anilines is 2. The summed E-state index contributed by atoms with van der Waals surface area (Å²) in [4.78, 5) is 26.1. The van der Waals surface area contributed by atoms with E-state index in [2.05, 4.69) is 49.4 Å². The fraction of sp³-hybridized carbons (Fsp3) is 0.346. The number of benzene rings is 2. The summed E-state index contributed by atoms with van der Waals surface area (Å²) in [5, 5.41) is 2.85. The van der Waals surface area contributed by atoms with Crippen molar-refractivity contribution in [1.82, 2.24) is 15.3 Å². The van der Waals surface area contributed by atoms with Crippen LogP contribution in [-0.2, 0) is 11.3 Å². The Kier molecular flexibility index (Phi) is 7.87. The lowest BCUT2D eigenvalue weighted by atomic mass is 10.2. The van der Waals surface area contributed by atoms with Crippen LogP contribution < -0.4 is 29.3 Å². The number of piperazine rings is 1. The Bertz CT molecular complexity index is 1130. The smallest absolute Gasteiger partial charge is 0.258 e. The molecule has 2 aromatic carbocycles. The second kappa shape index (κ2) is 11.4. The molecule has 0 unspecified atom stereocenters. The summed E-state index contributed by atoms with van der Waals surface area (Å²) in [7, 11) is 3.15. The molecule has 0 bridgehead atoms. The number of amides is 1. The number of carbonyl (C=O) groups is 1. The maximum atomic E-state index is 12.4. The maximum Gasteiger partial charge on any atom is 0.258 e. The van der Waals surface area contributed by atoms with E-state index in [9.17, 15) is 4.79 Å². The molecule has 1 amide bonds. The molecule has 35 heavy (non-hydrogen) atoms. The van der Waals surface area contributed by atoms with Crippen LogP contribution in [0.5, 0.6) is 17.4 Å². The number of carbonyl (C=O) groups excluding carboxylic acids is 1. The van der Waals surface area contributed by atoms with Crippen molar-refractivity contribution in [2.75, 3.05) is 56.8 Å². The van der Waals surface area contributed by atoms with E-state index < -0.39 is 0 Å². The minimum absolute atomic E-state index is 0.149. The van der Waals surface area contributed by atoms with Crippen LogP contribution in [0.2, 0.25) is 0 Å². The molecule has 1 aliphatic rings. The summed E-state index contributed by atoms with van der Waals surface area (Å²) in [5.41, 5.74) is 2.82. The molecule has 184 valence electrons. The van der Waals surface area contributed by atoms with E-state index in [-0.39, 0.29) is 12.5 Å². The number of methoxy groups -OCH3 is 2. The van der Waals surface area contributed by atoms with Crippen LogP contribution in [0.25, 0.3) is 0 Å². The second-order valence-corrected chi connectivity index (χ2v) is 8.18. The molecule has 1 aliphatic heterocycles. The highest BCUT2D eigenvalue weighted by Crippen LogP contribution is 2.30. The van der Waals surface area contributed by atoms with Gasteiger partial charge in [-0.3, -0.25) is 4.79 Å². The summed E-state index contributed by atoms with van der Waals surface area (Å²) in [6.07, 6.45) is 0. The molecule has 4 rings (SSSR count). The Labute approximate surface area is 205 Å². The van der Waals surface area contributed by atoms with Gasteiger partial charge in [0.25, 0.3) is 5.91 Å². The predicted molar refractivity (Wildman–Crippen MR) is 135 cm³/mol. The van der Waals surface area contributed by atoms with Crippen molar-refractivity contribution in [3.63, 3.8) is 0 Å². The van der Waals surface area contributed by atoms with Gasteiger partial charge in [-0.15, -0.1) is 0 Å². The fourth-order valence-corrected chi connectivity index (χ4v) is 4.02. The first-order chi connectivity index (χ1) is 17.1. The van der Waals surface area contributed by atoms with E-state index in [1.54, 1.807) is 20.3 Å². The van der Waals surface area contributed by atoms with Gasteiger partial charge in [-0.25, -0.2) is 4.98 Å². The average Bonchev–Trinajstić information content (AvgIpc) is 2.90. The lowest BCUT2D eigenvalue weighted by molar-refractivity contribution is -0.123.